The van der Waals surface area contributed by atoms with Crippen molar-refractivity contribution in [2.75, 3.05) is 19.8 Å². The van der Waals surface area contributed by atoms with E-state index in [0.29, 0.717) is 25.3 Å². The van der Waals surface area contributed by atoms with Crippen LogP contribution in [0.3, 0.4) is 0 Å². The van der Waals surface area contributed by atoms with E-state index in [1.54, 1.807) is 6.07 Å². The van der Waals surface area contributed by atoms with Gasteiger partial charge in [0.25, 0.3) is 0 Å². The van der Waals surface area contributed by atoms with Gasteiger partial charge in [-0.25, -0.2) is 8.42 Å². The zero-order valence-corrected chi connectivity index (χ0v) is 14.1. The van der Waals surface area contributed by atoms with Gasteiger partial charge in [-0.1, -0.05) is 0 Å². The molecule has 0 radical (unpaired) electrons. The topological polar surface area (TPSA) is 70.4 Å². The minimum Gasteiger partial charge on any atom is -0.381 e. The highest BCUT2D eigenvalue weighted by Crippen LogP contribution is 2.36. The standard InChI is InChI=1S/C16H17F3N2O3S/c17-16(18,19)13-1-4-15(12(7-13)8-20)25(22,23)21(14-2-3-14)9-11-5-6-24-10-11/h1,4,7,11,14H,2-3,5-6,9-10H2. The average Bonchev–Trinajstić information content (AvgIpc) is 3.26. The van der Waals surface area contributed by atoms with Crippen LogP contribution in [0.4, 0.5) is 13.2 Å². The van der Waals surface area contributed by atoms with Crippen molar-refractivity contribution in [1.29, 1.82) is 5.26 Å². The summed E-state index contributed by atoms with van der Waals surface area (Å²) in [6.07, 6.45) is -2.45. The molecule has 1 aliphatic carbocycles. The molecule has 2 aliphatic rings. The molecule has 1 saturated carbocycles. The summed E-state index contributed by atoms with van der Waals surface area (Å²) in [6.45, 7) is 1.31. The number of sulfonamides is 1. The second kappa shape index (κ2) is 6.59. The lowest BCUT2D eigenvalue weighted by Crippen LogP contribution is -2.37. The number of hydrogen-bond donors (Lipinski definition) is 0. The summed E-state index contributed by atoms with van der Waals surface area (Å²) >= 11 is 0. The first kappa shape index (κ1) is 18.2. The molecule has 3 rings (SSSR count). The lowest BCUT2D eigenvalue weighted by molar-refractivity contribution is -0.137. The maximum atomic E-state index is 13.0. The van der Waals surface area contributed by atoms with Crippen molar-refractivity contribution in [2.24, 2.45) is 5.92 Å². The Balaban J connectivity index is 1.96. The van der Waals surface area contributed by atoms with E-state index in [4.69, 9.17) is 4.74 Å². The van der Waals surface area contributed by atoms with Gasteiger partial charge in [-0.3, -0.25) is 0 Å². The molecule has 0 N–H and O–H groups in total. The number of alkyl halides is 3. The molecule has 5 nitrogen and oxygen atoms in total. The van der Waals surface area contributed by atoms with Gasteiger partial charge >= 0.3 is 6.18 Å². The Bertz CT molecular complexity index is 792. The Hall–Kier alpha value is -1.63. The first-order valence-electron chi connectivity index (χ1n) is 7.94. The van der Waals surface area contributed by atoms with Gasteiger partial charge < -0.3 is 4.74 Å². The van der Waals surface area contributed by atoms with Crippen molar-refractivity contribution in [3.8, 4) is 6.07 Å². The van der Waals surface area contributed by atoms with E-state index >= 15 is 0 Å². The Kier molecular flexibility index (Phi) is 4.79. The van der Waals surface area contributed by atoms with E-state index in [2.05, 4.69) is 0 Å². The fraction of sp³-hybridized carbons (Fsp3) is 0.562. The highest BCUT2D eigenvalue weighted by molar-refractivity contribution is 7.89. The molecule has 1 aromatic carbocycles. The molecule has 25 heavy (non-hydrogen) atoms. The normalized spacial score (nSPS) is 21.5. The number of rotatable bonds is 5. The summed E-state index contributed by atoms with van der Waals surface area (Å²) in [4.78, 5) is -0.367. The van der Waals surface area contributed by atoms with Gasteiger partial charge in [-0.05, 0) is 43.4 Å². The van der Waals surface area contributed by atoms with Crippen LogP contribution in [-0.2, 0) is 20.9 Å². The zero-order chi connectivity index (χ0) is 18.2. The van der Waals surface area contributed by atoms with Crippen molar-refractivity contribution in [3.05, 3.63) is 29.3 Å². The Morgan fingerprint density at radius 3 is 2.52 bits per heavy atom. The molecule has 1 atom stereocenters. The van der Waals surface area contributed by atoms with Crippen LogP contribution in [-0.4, -0.2) is 38.5 Å². The van der Waals surface area contributed by atoms with Crippen LogP contribution in [0.15, 0.2) is 23.1 Å². The third-order valence-electron chi connectivity index (χ3n) is 4.43. The maximum absolute atomic E-state index is 13.0. The summed E-state index contributed by atoms with van der Waals surface area (Å²) in [5.74, 6) is 0.0651. The van der Waals surface area contributed by atoms with Crippen molar-refractivity contribution >= 4 is 10.0 Å². The summed E-state index contributed by atoms with van der Waals surface area (Å²) in [6, 6.07) is 3.62. The lowest BCUT2D eigenvalue weighted by Gasteiger charge is -2.25. The summed E-state index contributed by atoms with van der Waals surface area (Å²) in [5.41, 5.74) is -1.52. The van der Waals surface area contributed by atoms with E-state index in [-0.39, 0.29) is 23.4 Å². The van der Waals surface area contributed by atoms with Crippen molar-refractivity contribution < 1.29 is 26.3 Å². The molecule has 9 heteroatoms. The molecule has 1 aliphatic heterocycles. The predicted octanol–water partition coefficient (Wildman–Crippen LogP) is 2.77. The predicted molar refractivity (Wildman–Crippen MR) is 82.0 cm³/mol. The van der Waals surface area contributed by atoms with E-state index < -0.39 is 27.3 Å². The molecule has 0 spiro atoms. The maximum Gasteiger partial charge on any atom is 0.416 e. The number of halogens is 3. The molecule has 0 bridgehead atoms. The molecule has 1 heterocycles. The number of nitrogens with zero attached hydrogens (tertiary/aromatic N) is 2. The van der Waals surface area contributed by atoms with Gasteiger partial charge in [-0.15, -0.1) is 0 Å². The van der Waals surface area contributed by atoms with Crippen LogP contribution in [0.2, 0.25) is 0 Å². The van der Waals surface area contributed by atoms with Crippen LogP contribution in [0, 0.1) is 17.2 Å². The molecule has 1 unspecified atom stereocenters. The molecule has 0 amide bonds. The van der Waals surface area contributed by atoms with Gasteiger partial charge in [0.2, 0.25) is 10.0 Å². The molecule has 1 saturated heterocycles. The highest BCUT2D eigenvalue weighted by atomic mass is 32.2. The van der Waals surface area contributed by atoms with Gasteiger partial charge in [0, 0.05) is 19.2 Å². The van der Waals surface area contributed by atoms with Crippen LogP contribution in [0.5, 0.6) is 0 Å². The van der Waals surface area contributed by atoms with E-state index in [0.717, 1.165) is 25.3 Å². The minimum absolute atomic E-state index is 0.0651. The number of ether oxygens (including phenoxy) is 1. The number of hydrogen-bond acceptors (Lipinski definition) is 4. The van der Waals surface area contributed by atoms with E-state index in [1.165, 1.54) is 4.31 Å². The Morgan fingerprint density at radius 1 is 1.28 bits per heavy atom. The average molecular weight is 374 g/mol. The molecule has 1 aromatic rings. The van der Waals surface area contributed by atoms with Crippen molar-refractivity contribution in [2.45, 2.75) is 36.4 Å². The summed E-state index contributed by atoms with van der Waals surface area (Å²) in [7, 11) is -4.04. The molecule has 2 fully saturated rings. The van der Waals surface area contributed by atoms with Gasteiger partial charge in [0.1, 0.15) is 6.07 Å². The lowest BCUT2D eigenvalue weighted by atomic mass is 10.1. The quantitative estimate of drug-likeness (QED) is 0.795. The van der Waals surface area contributed by atoms with Crippen molar-refractivity contribution in [3.63, 3.8) is 0 Å². The number of benzene rings is 1. The third kappa shape index (κ3) is 3.81. The molecule has 0 aromatic heterocycles. The Morgan fingerprint density at radius 2 is 2.00 bits per heavy atom. The fourth-order valence-electron chi connectivity index (χ4n) is 2.93. The first-order chi connectivity index (χ1) is 11.7. The second-order valence-electron chi connectivity index (χ2n) is 6.36. The first-order valence-corrected chi connectivity index (χ1v) is 9.38. The highest BCUT2D eigenvalue weighted by Gasteiger charge is 2.41. The summed E-state index contributed by atoms with van der Waals surface area (Å²) in [5, 5.41) is 9.17. The largest absolute Gasteiger partial charge is 0.416 e. The molecular formula is C16H17F3N2O3S. The third-order valence-corrected chi connectivity index (χ3v) is 6.41. The Labute approximate surface area is 144 Å². The molecule has 136 valence electrons. The van der Waals surface area contributed by atoms with Gasteiger partial charge in [-0.2, -0.15) is 22.7 Å². The van der Waals surface area contributed by atoms with Crippen LogP contribution >= 0.6 is 0 Å². The van der Waals surface area contributed by atoms with Crippen molar-refractivity contribution in [1.82, 2.24) is 4.31 Å². The SMILES string of the molecule is N#Cc1cc(C(F)(F)F)ccc1S(=O)(=O)N(CC1CCOC1)C1CC1. The molecular weight excluding hydrogens is 357 g/mol. The number of nitriles is 1. The van der Waals surface area contributed by atoms with Gasteiger partial charge in [0.15, 0.2) is 0 Å². The zero-order valence-electron chi connectivity index (χ0n) is 13.3. The van der Waals surface area contributed by atoms with E-state index in [9.17, 15) is 26.9 Å². The van der Waals surface area contributed by atoms with Crippen LogP contribution in [0.1, 0.15) is 30.4 Å². The van der Waals surface area contributed by atoms with E-state index in [1.807, 2.05) is 0 Å². The summed E-state index contributed by atoms with van der Waals surface area (Å²) < 4.78 is 71.0. The van der Waals surface area contributed by atoms with Crippen LogP contribution in [0.25, 0.3) is 0 Å². The monoisotopic (exact) mass is 374 g/mol. The smallest absolute Gasteiger partial charge is 0.381 e. The second-order valence-corrected chi connectivity index (χ2v) is 8.21. The fourth-order valence-corrected chi connectivity index (χ4v) is 4.82. The van der Waals surface area contributed by atoms with Gasteiger partial charge in [0.05, 0.1) is 22.6 Å². The minimum atomic E-state index is -4.63. The van der Waals surface area contributed by atoms with Crippen LogP contribution < -0.4 is 0 Å².